The highest BCUT2D eigenvalue weighted by Gasteiger charge is 2.51. The van der Waals surface area contributed by atoms with Crippen LogP contribution in [0.25, 0.3) is 81.0 Å². The predicted molar refractivity (Wildman–Crippen MR) is 270 cm³/mol. The first kappa shape index (κ1) is 35.6. The maximum atomic E-state index is 2.49. The Balaban J connectivity index is 0.920. The van der Waals surface area contributed by atoms with Crippen molar-refractivity contribution in [3.8, 4) is 39.1 Å². The molecule has 0 fully saturated rings. The lowest BCUT2D eigenvalue weighted by atomic mass is 9.70. The molecule has 12 aromatic rings. The summed E-state index contributed by atoms with van der Waals surface area (Å²) in [6.45, 7) is 0. The van der Waals surface area contributed by atoms with Crippen molar-refractivity contribution in [2.24, 2.45) is 0 Å². The van der Waals surface area contributed by atoms with Gasteiger partial charge in [-0.2, -0.15) is 0 Å². The monoisotopic (exact) mass is 830 g/mol. The van der Waals surface area contributed by atoms with Crippen molar-refractivity contribution in [2.75, 3.05) is 4.90 Å². The Morgan fingerprint density at radius 1 is 0.328 bits per heavy atom. The summed E-state index contributed by atoms with van der Waals surface area (Å²) in [5, 5.41) is 5.15. The van der Waals surface area contributed by atoms with E-state index in [2.05, 4.69) is 240 Å². The smallest absolute Gasteiger partial charge is 0.0726 e. The molecule has 298 valence electrons. The topological polar surface area (TPSA) is 8.17 Å². The zero-order chi connectivity index (χ0) is 41.9. The van der Waals surface area contributed by atoms with Crippen LogP contribution in [-0.2, 0) is 5.41 Å². The number of thiophene rings is 1. The van der Waals surface area contributed by atoms with Crippen LogP contribution in [0, 0.1) is 0 Å². The molecular formula is C61H38N2S. The second-order valence-corrected chi connectivity index (χ2v) is 18.3. The first-order valence-electron chi connectivity index (χ1n) is 22.1. The van der Waals surface area contributed by atoms with E-state index >= 15 is 0 Å². The van der Waals surface area contributed by atoms with E-state index < -0.39 is 5.41 Å². The molecule has 2 aliphatic carbocycles. The minimum Gasteiger partial charge on any atom is -0.310 e. The zero-order valence-corrected chi connectivity index (χ0v) is 35.6. The Morgan fingerprint density at radius 3 is 1.41 bits per heavy atom. The number of anilines is 3. The fraction of sp³-hybridized carbons (Fsp3) is 0.0164. The fourth-order valence-electron chi connectivity index (χ4n) is 11.3. The van der Waals surface area contributed by atoms with Gasteiger partial charge in [0.2, 0.25) is 0 Å². The summed E-state index contributed by atoms with van der Waals surface area (Å²) in [5.41, 5.74) is 19.6. The van der Waals surface area contributed by atoms with Gasteiger partial charge in [0.1, 0.15) is 0 Å². The minimum atomic E-state index is -0.425. The van der Waals surface area contributed by atoms with Gasteiger partial charge in [-0.15, -0.1) is 11.3 Å². The number of hydrogen-bond donors (Lipinski definition) is 0. The standard InChI is InChI=1S/C61H38N2S/c1-7-19-53-45(13-1)46-14-2-8-20-54(46)61(53)55-21-9-3-15-47(55)48-35-33-43(37-56(48)61)62(44-34-36-52-51-18-6-12-24-59(51)64-60(52)38-44)41-29-25-39(26-30-41)40-27-31-42(32-28-40)63-57-22-10-4-16-49(57)50-17-5-11-23-58(50)63/h1-38H. The van der Waals surface area contributed by atoms with Crippen molar-refractivity contribution in [1.29, 1.82) is 0 Å². The van der Waals surface area contributed by atoms with Crippen LogP contribution in [0.3, 0.4) is 0 Å². The summed E-state index contributed by atoms with van der Waals surface area (Å²) in [7, 11) is 0. The second kappa shape index (κ2) is 13.5. The van der Waals surface area contributed by atoms with Gasteiger partial charge in [0, 0.05) is 53.7 Å². The molecule has 0 radical (unpaired) electrons. The second-order valence-electron chi connectivity index (χ2n) is 17.2. The molecule has 1 spiro atoms. The normalized spacial score (nSPS) is 13.1. The molecule has 0 amide bonds. The molecule has 3 heteroatoms. The van der Waals surface area contributed by atoms with Crippen LogP contribution in [0.15, 0.2) is 231 Å². The van der Waals surface area contributed by atoms with Crippen molar-refractivity contribution in [1.82, 2.24) is 4.57 Å². The quantitative estimate of drug-likeness (QED) is 0.168. The van der Waals surface area contributed by atoms with Gasteiger partial charge in [0.05, 0.1) is 16.4 Å². The lowest BCUT2D eigenvalue weighted by Crippen LogP contribution is -2.26. The highest BCUT2D eigenvalue weighted by molar-refractivity contribution is 7.25. The van der Waals surface area contributed by atoms with Crippen LogP contribution in [-0.4, -0.2) is 4.57 Å². The van der Waals surface area contributed by atoms with Gasteiger partial charge in [0.15, 0.2) is 0 Å². The Bertz CT molecular complexity index is 3730. The van der Waals surface area contributed by atoms with Gasteiger partial charge in [-0.1, -0.05) is 164 Å². The number of rotatable bonds is 5. The predicted octanol–water partition coefficient (Wildman–Crippen LogP) is 16.6. The summed E-state index contributed by atoms with van der Waals surface area (Å²) >= 11 is 1.87. The van der Waals surface area contributed by atoms with Crippen LogP contribution in [0.1, 0.15) is 22.3 Å². The summed E-state index contributed by atoms with van der Waals surface area (Å²) < 4.78 is 4.98. The summed E-state index contributed by atoms with van der Waals surface area (Å²) in [5.74, 6) is 0. The minimum absolute atomic E-state index is 0.425. The van der Waals surface area contributed by atoms with E-state index in [0.29, 0.717) is 0 Å². The van der Waals surface area contributed by atoms with E-state index in [9.17, 15) is 0 Å². The molecule has 2 aliphatic rings. The SMILES string of the molecule is c1ccc2c(c1)-c1ccccc1C21c2ccccc2-c2ccc(N(c3ccc(-c4ccc(-n5c6ccccc6c6ccccc65)cc4)cc3)c3ccc4c(c3)sc3ccccc34)cc21. The molecule has 0 N–H and O–H groups in total. The van der Waals surface area contributed by atoms with Crippen molar-refractivity contribution < 1.29 is 0 Å². The van der Waals surface area contributed by atoms with Gasteiger partial charge < -0.3 is 9.47 Å². The van der Waals surface area contributed by atoms with Crippen molar-refractivity contribution >= 4 is 70.4 Å². The van der Waals surface area contributed by atoms with E-state index in [4.69, 9.17) is 0 Å². The average Bonchev–Trinajstić information content (AvgIpc) is 4.08. The molecule has 0 aliphatic heterocycles. The number of benzene rings is 10. The molecule has 10 aromatic carbocycles. The number of para-hydroxylation sites is 2. The Kier molecular flexibility index (Phi) is 7.51. The molecule has 2 heterocycles. The molecule has 64 heavy (non-hydrogen) atoms. The highest BCUT2D eigenvalue weighted by Crippen LogP contribution is 2.63. The third kappa shape index (κ3) is 4.90. The first-order valence-corrected chi connectivity index (χ1v) is 22.9. The van der Waals surface area contributed by atoms with E-state index in [1.165, 1.54) is 97.6 Å². The van der Waals surface area contributed by atoms with Crippen molar-refractivity contribution in [3.63, 3.8) is 0 Å². The average molecular weight is 831 g/mol. The molecular weight excluding hydrogens is 793 g/mol. The van der Waals surface area contributed by atoms with E-state index in [0.717, 1.165) is 22.7 Å². The van der Waals surface area contributed by atoms with E-state index in [1.807, 2.05) is 11.3 Å². The lowest BCUT2D eigenvalue weighted by Gasteiger charge is -2.32. The molecule has 2 aromatic heterocycles. The fourth-order valence-corrected chi connectivity index (χ4v) is 12.5. The molecule has 0 atom stereocenters. The van der Waals surface area contributed by atoms with Gasteiger partial charge in [-0.05, 0) is 122 Å². The van der Waals surface area contributed by atoms with Gasteiger partial charge >= 0.3 is 0 Å². The molecule has 14 rings (SSSR count). The van der Waals surface area contributed by atoms with Gasteiger partial charge in [0.25, 0.3) is 0 Å². The number of aromatic nitrogens is 1. The van der Waals surface area contributed by atoms with Crippen LogP contribution < -0.4 is 4.90 Å². The van der Waals surface area contributed by atoms with Crippen LogP contribution in [0.4, 0.5) is 17.1 Å². The Hall–Kier alpha value is -7.98. The van der Waals surface area contributed by atoms with Crippen LogP contribution in [0.2, 0.25) is 0 Å². The molecule has 0 unspecified atom stereocenters. The maximum absolute atomic E-state index is 2.49. The van der Waals surface area contributed by atoms with Crippen molar-refractivity contribution in [3.05, 3.63) is 253 Å². The third-order valence-electron chi connectivity index (χ3n) is 14.0. The summed E-state index contributed by atoms with van der Waals surface area (Å²) in [6.07, 6.45) is 0. The largest absolute Gasteiger partial charge is 0.310 e. The molecule has 2 nitrogen and oxygen atoms in total. The summed E-state index contributed by atoms with van der Waals surface area (Å²) in [4.78, 5) is 2.46. The third-order valence-corrected chi connectivity index (χ3v) is 15.2. The van der Waals surface area contributed by atoms with E-state index in [-0.39, 0.29) is 0 Å². The van der Waals surface area contributed by atoms with Gasteiger partial charge in [-0.3, -0.25) is 0 Å². The van der Waals surface area contributed by atoms with Crippen LogP contribution >= 0.6 is 11.3 Å². The Morgan fingerprint density at radius 2 is 0.781 bits per heavy atom. The number of hydrogen-bond acceptors (Lipinski definition) is 2. The van der Waals surface area contributed by atoms with E-state index in [1.54, 1.807) is 0 Å². The molecule has 0 bridgehead atoms. The Labute approximate surface area is 375 Å². The first-order chi connectivity index (χ1) is 31.7. The highest BCUT2D eigenvalue weighted by atomic mass is 32.1. The summed E-state index contributed by atoms with van der Waals surface area (Å²) in [6, 6.07) is 85.7. The number of nitrogens with zero attached hydrogens (tertiary/aromatic N) is 2. The zero-order valence-electron chi connectivity index (χ0n) is 34.7. The maximum Gasteiger partial charge on any atom is 0.0726 e. The van der Waals surface area contributed by atoms with Gasteiger partial charge in [-0.25, -0.2) is 0 Å². The lowest BCUT2D eigenvalue weighted by molar-refractivity contribution is 0.793. The van der Waals surface area contributed by atoms with Crippen LogP contribution in [0.5, 0.6) is 0 Å². The molecule has 0 saturated carbocycles. The van der Waals surface area contributed by atoms with Crippen molar-refractivity contribution in [2.45, 2.75) is 5.41 Å². The molecule has 0 saturated heterocycles. The number of fused-ring (bicyclic) bond motifs is 16.